The molecule has 0 aliphatic carbocycles. The van der Waals surface area contributed by atoms with Gasteiger partial charge >= 0.3 is 6.09 Å². The van der Waals surface area contributed by atoms with Crippen LogP contribution in [0.5, 0.6) is 0 Å². The summed E-state index contributed by atoms with van der Waals surface area (Å²) in [6.07, 6.45) is 2.45. The molecule has 1 saturated heterocycles. The molecule has 1 aromatic heterocycles. The van der Waals surface area contributed by atoms with Crippen molar-refractivity contribution in [3.8, 4) is 0 Å². The van der Waals surface area contributed by atoms with Gasteiger partial charge in [-0.2, -0.15) is 5.10 Å². The van der Waals surface area contributed by atoms with Gasteiger partial charge in [-0.15, -0.1) is 0 Å². The normalized spacial score (nSPS) is 20.1. The van der Waals surface area contributed by atoms with Gasteiger partial charge in [0.25, 0.3) is 0 Å². The summed E-state index contributed by atoms with van der Waals surface area (Å²) in [4.78, 5) is 13.0. The topological polar surface area (TPSA) is 70.2 Å². The lowest BCUT2D eigenvalue weighted by molar-refractivity contribution is 0.132. The molecule has 1 unspecified atom stereocenters. The fourth-order valence-corrected chi connectivity index (χ4v) is 1.86. The Morgan fingerprint density at radius 1 is 1.81 bits per heavy atom. The number of methoxy groups -OCH3 is 1. The molecule has 1 fully saturated rings. The van der Waals surface area contributed by atoms with Crippen molar-refractivity contribution < 1.29 is 9.53 Å². The highest BCUT2D eigenvalue weighted by atomic mass is 16.5. The summed E-state index contributed by atoms with van der Waals surface area (Å²) in [5.41, 5.74) is 1.05. The molecule has 88 valence electrons. The van der Waals surface area contributed by atoms with Crippen molar-refractivity contribution in [2.45, 2.75) is 19.0 Å². The number of rotatable bonds is 3. The molecule has 1 aliphatic rings. The molecule has 1 aromatic rings. The Hall–Kier alpha value is -1.56. The smallest absolute Gasteiger partial charge is 0.409 e. The Morgan fingerprint density at radius 3 is 3.38 bits per heavy atom. The fraction of sp³-hybridized carbons (Fsp3) is 0.600. The first-order valence-corrected chi connectivity index (χ1v) is 5.34. The number of carbonyl (C=O) groups excluding carboxylic acids is 1. The van der Waals surface area contributed by atoms with E-state index in [1.807, 2.05) is 6.07 Å². The summed E-state index contributed by atoms with van der Waals surface area (Å²) < 4.78 is 4.68. The Kier molecular flexibility index (Phi) is 3.40. The number of carbonyl (C=O) groups is 1. The van der Waals surface area contributed by atoms with Crippen molar-refractivity contribution in [1.82, 2.24) is 20.4 Å². The highest BCUT2D eigenvalue weighted by Crippen LogP contribution is 2.10. The van der Waals surface area contributed by atoms with Gasteiger partial charge in [0.15, 0.2) is 0 Å². The SMILES string of the molecule is COC(=O)N1CCC(NCc2ccn[nH]2)C1. The van der Waals surface area contributed by atoms with Gasteiger partial charge in [0.1, 0.15) is 0 Å². The van der Waals surface area contributed by atoms with E-state index in [0.717, 1.165) is 25.2 Å². The predicted octanol–water partition coefficient (Wildman–Crippen LogP) is 0.340. The molecule has 0 radical (unpaired) electrons. The number of likely N-dealkylation sites (tertiary alicyclic amines) is 1. The number of aromatic nitrogens is 2. The summed E-state index contributed by atoms with van der Waals surface area (Å²) in [5, 5.41) is 10.1. The molecule has 1 atom stereocenters. The maximum atomic E-state index is 11.3. The lowest BCUT2D eigenvalue weighted by atomic mass is 10.2. The van der Waals surface area contributed by atoms with Crippen LogP contribution in [-0.4, -0.2) is 47.4 Å². The first-order valence-electron chi connectivity index (χ1n) is 5.34. The van der Waals surface area contributed by atoms with Crippen LogP contribution in [0.3, 0.4) is 0 Å². The number of nitrogens with zero attached hydrogens (tertiary/aromatic N) is 2. The molecule has 2 heterocycles. The van der Waals surface area contributed by atoms with Crippen molar-refractivity contribution >= 4 is 6.09 Å². The largest absolute Gasteiger partial charge is 0.453 e. The number of amides is 1. The second kappa shape index (κ2) is 4.98. The first kappa shape index (κ1) is 10.9. The van der Waals surface area contributed by atoms with Crippen molar-refractivity contribution in [1.29, 1.82) is 0 Å². The lowest BCUT2D eigenvalue weighted by Gasteiger charge is -2.15. The zero-order valence-corrected chi connectivity index (χ0v) is 9.27. The monoisotopic (exact) mass is 224 g/mol. The Balaban J connectivity index is 1.75. The zero-order chi connectivity index (χ0) is 11.4. The molecular weight excluding hydrogens is 208 g/mol. The minimum absolute atomic E-state index is 0.245. The van der Waals surface area contributed by atoms with Gasteiger partial charge < -0.3 is 15.0 Å². The zero-order valence-electron chi connectivity index (χ0n) is 9.27. The van der Waals surface area contributed by atoms with Crippen LogP contribution in [0.15, 0.2) is 12.3 Å². The van der Waals surface area contributed by atoms with Crippen molar-refractivity contribution in [3.05, 3.63) is 18.0 Å². The molecule has 16 heavy (non-hydrogen) atoms. The van der Waals surface area contributed by atoms with Gasteiger partial charge in [0.2, 0.25) is 0 Å². The third kappa shape index (κ3) is 2.52. The molecule has 0 bridgehead atoms. The van der Waals surface area contributed by atoms with Crippen molar-refractivity contribution in [3.63, 3.8) is 0 Å². The van der Waals surface area contributed by atoms with E-state index >= 15 is 0 Å². The molecular formula is C10H16N4O2. The molecule has 0 aromatic carbocycles. The quantitative estimate of drug-likeness (QED) is 0.776. The summed E-state index contributed by atoms with van der Waals surface area (Å²) in [5.74, 6) is 0. The van der Waals surface area contributed by atoms with Crippen LogP contribution < -0.4 is 5.32 Å². The minimum Gasteiger partial charge on any atom is -0.453 e. The van der Waals surface area contributed by atoms with E-state index < -0.39 is 0 Å². The van der Waals surface area contributed by atoms with Gasteiger partial charge in [-0.1, -0.05) is 0 Å². The lowest BCUT2D eigenvalue weighted by Crippen LogP contribution is -2.34. The van der Waals surface area contributed by atoms with Crippen LogP contribution in [0.25, 0.3) is 0 Å². The summed E-state index contributed by atoms with van der Waals surface area (Å²) in [6.45, 7) is 2.22. The number of hydrogen-bond acceptors (Lipinski definition) is 4. The molecule has 6 nitrogen and oxygen atoms in total. The Morgan fingerprint density at radius 2 is 2.69 bits per heavy atom. The third-order valence-electron chi connectivity index (χ3n) is 2.76. The van der Waals surface area contributed by atoms with Crippen LogP contribution in [0.1, 0.15) is 12.1 Å². The van der Waals surface area contributed by atoms with E-state index in [2.05, 4.69) is 20.3 Å². The highest BCUT2D eigenvalue weighted by Gasteiger charge is 2.26. The molecule has 0 saturated carbocycles. The standard InChI is InChI=1S/C10H16N4O2/c1-16-10(15)14-5-3-9(7-14)11-6-8-2-4-12-13-8/h2,4,9,11H,3,5-7H2,1H3,(H,12,13). The molecule has 1 aliphatic heterocycles. The average molecular weight is 224 g/mol. The fourth-order valence-electron chi connectivity index (χ4n) is 1.86. The third-order valence-corrected chi connectivity index (χ3v) is 2.76. The van der Waals surface area contributed by atoms with Crippen LogP contribution >= 0.6 is 0 Å². The number of H-pyrrole nitrogens is 1. The second-order valence-corrected chi connectivity index (χ2v) is 3.86. The van der Waals surface area contributed by atoms with Gasteiger partial charge in [0, 0.05) is 37.6 Å². The van der Waals surface area contributed by atoms with Crippen molar-refractivity contribution in [2.24, 2.45) is 0 Å². The van der Waals surface area contributed by atoms with Crippen LogP contribution in [0.4, 0.5) is 4.79 Å². The van der Waals surface area contributed by atoms with Gasteiger partial charge in [-0.05, 0) is 12.5 Å². The number of hydrogen-bond donors (Lipinski definition) is 2. The minimum atomic E-state index is -0.245. The van der Waals surface area contributed by atoms with E-state index in [9.17, 15) is 4.79 Å². The maximum absolute atomic E-state index is 11.3. The van der Waals surface area contributed by atoms with E-state index in [1.54, 1.807) is 11.1 Å². The Labute approximate surface area is 94.0 Å². The number of nitrogens with one attached hydrogen (secondary N) is 2. The predicted molar refractivity (Wildman–Crippen MR) is 57.8 cm³/mol. The molecule has 6 heteroatoms. The summed E-state index contributed by atoms with van der Waals surface area (Å²) in [7, 11) is 1.41. The molecule has 0 spiro atoms. The molecule has 1 amide bonds. The Bertz CT molecular complexity index is 339. The summed E-state index contributed by atoms with van der Waals surface area (Å²) in [6, 6.07) is 2.27. The van der Waals surface area contributed by atoms with E-state index in [1.165, 1.54) is 7.11 Å². The number of aromatic amines is 1. The van der Waals surface area contributed by atoms with Gasteiger partial charge in [-0.3, -0.25) is 5.10 Å². The highest BCUT2D eigenvalue weighted by molar-refractivity contribution is 5.67. The van der Waals surface area contributed by atoms with Crippen LogP contribution in [0.2, 0.25) is 0 Å². The first-order chi connectivity index (χ1) is 7.79. The second-order valence-electron chi connectivity index (χ2n) is 3.86. The molecule has 2 rings (SSSR count). The van der Waals surface area contributed by atoms with E-state index in [0.29, 0.717) is 12.6 Å². The van der Waals surface area contributed by atoms with Crippen LogP contribution in [0, 0.1) is 0 Å². The average Bonchev–Trinajstić information content (AvgIpc) is 2.96. The van der Waals surface area contributed by atoms with Gasteiger partial charge in [0.05, 0.1) is 7.11 Å². The number of ether oxygens (including phenoxy) is 1. The van der Waals surface area contributed by atoms with Gasteiger partial charge in [-0.25, -0.2) is 4.79 Å². The van der Waals surface area contributed by atoms with Crippen LogP contribution in [-0.2, 0) is 11.3 Å². The molecule has 2 N–H and O–H groups in total. The maximum Gasteiger partial charge on any atom is 0.409 e. The van der Waals surface area contributed by atoms with Crippen molar-refractivity contribution in [2.75, 3.05) is 20.2 Å². The van der Waals surface area contributed by atoms with E-state index in [-0.39, 0.29) is 6.09 Å². The summed E-state index contributed by atoms with van der Waals surface area (Å²) >= 11 is 0. The van der Waals surface area contributed by atoms with E-state index in [4.69, 9.17) is 0 Å².